The number of hydrogen-bond acceptors (Lipinski definition) is 1. The van der Waals surface area contributed by atoms with Crippen molar-refractivity contribution in [1.29, 1.82) is 0 Å². The summed E-state index contributed by atoms with van der Waals surface area (Å²) in [5, 5.41) is 2.53. The molecule has 53 heavy (non-hydrogen) atoms. The number of fused-ring (bicyclic) bond motifs is 6. The zero-order valence-electron chi connectivity index (χ0n) is 29.9. The molecule has 10 rings (SSSR count). The summed E-state index contributed by atoms with van der Waals surface area (Å²) in [5.41, 5.74) is 17.3. The number of hydrogen-bond donors (Lipinski definition) is 0. The minimum Gasteiger partial charge on any atom is -0.311 e. The third-order valence-electron chi connectivity index (χ3n) is 11.2. The molecule has 2 heteroatoms. The Hall–Kier alpha value is -6.64. The molecule has 252 valence electrons. The van der Waals surface area contributed by atoms with Crippen LogP contribution in [0.15, 0.2) is 194 Å². The summed E-state index contributed by atoms with van der Waals surface area (Å²) >= 11 is 0. The van der Waals surface area contributed by atoms with Crippen LogP contribution in [0.2, 0.25) is 0 Å². The van der Waals surface area contributed by atoms with E-state index in [-0.39, 0.29) is 5.41 Å². The van der Waals surface area contributed by atoms with Gasteiger partial charge in [0, 0.05) is 38.9 Å². The van der Waals surface area contributed by atoms with Crippen molar-refractivity contribution in [3.8, 4) is 39.1 Å². The quantitative estimate of drug-likeness (QED) is 0.170. The zero-order chi connectivity index (χ0) is 35.5. The third-order valence-corrected chi connectivity index (χ3v) is 11.2. The lowest BCUT2D eigenvalue weighted by Gasteiger charge is -2.25. The molecule has 0 bridgehead atoms. The molecule has 8 aromatic carbocycles. The topological polar surface area (TPSA) is 8.17 Å². The lowest BCUT2D eigenvalue weighted by atomic mass is 9.82. The van der Waals surface area contributed by atoms with Gasteiger partial charge in [0.2, 0.25) is 0 Å². The molecule has 0 saturated carbocycles. The molecule has 0 spiro atoms. The van der Waals surface area contributed by atoms with E-state index in [1.165, 1.54) is 72.0 Å². The van der Waals surface area contributed by atoms with Crippen molar-refractivity contribution in [1.82, 2.24) is 4.57 Å². The van der Waals surface area contributed by atoms with Gasteiger partial charge in [0.1, 0.15) is 0 Å². The van der Waals surface area contributed by atoms with E-state index in [9.17, 15) is 0 Å². The number of benzene rings is 8. The van der Waals surface area contributed by atoms with Gasteiger partial charge in [0.15, 0.2) is 0 Å². The molecule has 0 aliphatic heterocycles. The van der Waals surface area contributed by atoms with Gasteiger partial charge in [-0.3, -0.25) is 0 Å². The van der Waals surface area contributed by atoms with Crippen LogP contribution in [0, 0.1) is 0 Å². The predicted octanol–water partition coefficient (Wildman–Crippen LogP) is 13.9. The maximum absolute atomic E-state index is 2.44. The van der Waals surface area contributed by atoms with Gasteiger partial charge in [-0.05, 0) is 111 Å². The molecule has 0 unspecified atom stereocenters. The van der Waals surface area contributed by atoms with E-state index < -0.39 is 0 Å². The number of rotatable bonds is 6. The molecule has 0 radical (unpaired) electrons. The fraction of sp³-hybridized carbons (Fsp3) is 0.0588. The van der Waals surface area contributed by atoms with Crippen LogP contribution in [0.25, 0.3) is 60.9 Å². The van der Waals surface area contributed by atoms with Gasteiger partial charge >= 0.3 is 0 Å². The first-order chi connectivity index (χ1) is 26.0. The molecule has 0 N–H and O–H groups in total. The monoisotopic (exact) mass is 678 g/mol. The van der Waals surface area contributed by atoms with E-state index in [4.69, 9.17) is 0 Å². The van der Waals surface area contributed by atoms with E-state index in [1.54, 1.807) is 0 Å². The van der Waals surface area contributed by atoms with E-state index in [0.29, 0.717) is 0 Å². The molecule has 0 saturated heterocycles. The van der Waals surface area contributed by atoms with Gasteiger partial charge in [-0.15, -0.1) is 0 Å². The molecule has 2 nitrogen and oxygen atoms in total. The number of aromatic nitrogens is 1. The Balaban J connectivity index is 0.983. The van der Waals surface area contributed by atoms with Crippen LogP contribution in [0.1, 0.15) is 25.0 Å². The molecule has 0 atom stereocenters. The smallest absolute Gasteiger partial charge is 0.0541 e. The fourth-order valence-electron chi connectivity index (χ4n) is 8.52. The van der Waals surface area contributed by atoms with Crippen LogP contribution in [0.4, 0.5) is 17.1 Å². The first kappa shape index (κ1) is 31.1. The summed E-state index contributed by atoms with van der Waals surface area (Å²) in [6.45, 7) is 4.71. The summed E-state index contributed by atoms with van der Waals surface area (Å²) in [5.74, 6) is 0. The molecule has 1 aliphatic carbocycles. The minimum absolute atomic E-state index is 0.0489. The van der Waals surface area contributed by atoms with Crippen LogP contribution in [0.3, 0.4) is 0 Å². The average molecular weight is 679 g/mol. The van der Waals surface area contributed by atoms with Gasteiger partial charge in [-0.2, -0.15) is 0 Å². The molecule has 1 aliphatic rings. The van der Waals surface area contributed by atoms with E-state index in [2.05, 4.69) is 217 Å². The third kappa shape index (κ3) is 5.10. The summed E-state index contributed by atoms with van der Waals surface area (Å²) in [7, 11) is 0. The SMILES string of the molecule is CC1(C)c2ccccc2-c2ccc(-n3c4ccccc4c4cc(-c5ccc(-c6ccc(N(c7ccccc7)c7ccccc7)cc6)cc5)ccc43)cc21. The number of anilines is 3. The standard InChI is InChI=1S/C51H38N2/c1-51(2)47-19-11-9-17-43(47)44-31-30-42(34-48(44)51)53-49-20-12-10-18-45(49)46-33-38(27-32-50(46)53)37-23-21-35(22-24-37)36-25-28-41(29-26-36)52(39-13-5-3-6-14-39)40-15-7-4-8-16-40/h3-34H,1-2H3. The highest BCUT2D eigenvalue weighted by Crippen LogP contribution is 2.49. The van der Waals surface area contributed by atoms with Gasteiger partial charge in [0.25, 0.3) is 0 Å². The maximum Gasteiger partial charge on any atom is 0.0541 e. The van der Waals surface area contributed by atoms with Gasteiger partial charge in [-0.1, -0.05) is 141 Å². The van der Waals surface area contributed by atoms with Crippen molar-refractivity contribution in [2.45, 2.75) is 19.3 Å². The normalized spacial score (nSPS) is 12.9. The first-order valence-electron chi connectivity index (χ1n) is 18.4. The highest BCUT2D eigenvalue weighted by molar-refractivity contribution is 6.10. The Morgan fingerprint density at radius 1 is 0.377 bits per heavy atom. The Bertz CT molecular complexity index is 2730. The Labute approximate surface area is 310 Å². The van der Waals surface area contributed by atoms with E-state index >= 15 is 0 Å². The van der Waals surface area contributed by atoms with Crippen LogP contribution in [-0.4, -0.2) is 4.57 Å². The Morgan fingerprint density at radius 2 is 0.887 bits per heavy atom. The second kappa shape index (κ2) is 12.3. The van der Waals surface area contributed by atoms with E-state index in [1.807, 2.05) is 0 Å². The molecular formula is C51H38N2. The van der Waals surface area contributed by atoms with Crippen LogP contribution < -0.4 is 4.90 Å². The molecule has 9 aromatic rings. The largest absolute Gasteiger partial charge is 0.311 e. The molecular weight excluding hydrogens is 641 g/mol. The lowest BCUT2D eigenvalue weighted by molar-refractivity contribution is 0.660. The van der Waals surface area contributed by atoms with E-state index in [0.717, 1.165) is 17.1 Å². The predicted molar refractivity (Wildman–Crippen MR) is 224 cm³/mol. The van der Waals surface area contributed by atoms with Crippen molar-refractivity contribution in [3.63, 3.8) is 0 Å². The van der Waals surface area contributed by atoms with Gasteiger partial charge in [-0.25, -0.2) is 0 Å². The summed E-state index contributed by atoms with van der Waals surface area (Å²) in [4.78, 5) is 2.30. The summed E-state index contributed by atoms with van der Waals surface area (Å²) < 4.78 is 2.44. The summed E-state index contributed by atoms with van der Waals surface area (Å²) in [6, 6.07) is 70.6. The molecule has 0 amide bonds. The van der Waals surface area contributed by atoms with Crippen LogP contribution in [-0.2, 0) is 5.41 Å². The van der Waals surface area contributed by atoms with Crippen LogP contribution in [0.5, 0.6) is 0 Å². The molecule has 1 aromatic heterocycles. The van der Waals surface area contributed by atoms with Gasteiger partial charge < -0.3 is 9.47 Å². The first-order valence-corrected chi connectivity index (χ1v) is 18.4. The van der Waals surface area contributed by atoms with Crippen molar-refractivity contribution >= 4 is 38.9 Å². The van der Waals surface area contributed by atoms with Crippen molar-refractivity contribution in [2.75, 3.05) is 4.90 Å². The van der Waals surface area contributed by atoms with Gasteiger partial charge in [0.05, 0.1) is 11.0 Å². The minimum atomic E-state index is -0.0489. The maximum atomic E-state index is 2.44. The zero-order valence-corrected chi connectivity index (χ0v) is 29.9. The highest BCUT2D eigenvalue weighted by Gasteiger charge is 2.35. The Kier molecular flexibility index (Phi) is 7.19. The van der Waals surface area contributed by atoms with Crippen molar-refractivity contribution < 1.29 is 0 Å². The second-order valence-corrected chi connectivity index (χ2v) is 14.6. The van der Waals surface area contributed by atoms with Crippen molar-refractivity contribution in [3.05, 3.63) is 205 Å². The molecule has 0 fully saturated rings. The number of para-hydroxylation sites is 3. The fourth-order valence-corrected chi connectivity index (χ4v) is 8.52. The highest BCUT2D eigenvalue weighted by atomic mass is 15.1. The Morgan fingerprint density at radius 3 is 1.58 bits per heavy atom. The molecule has 1 heterocycles. The van der Waals surface area contributed by atoms with Crippen molar-refractivity contribution in [2.24, 2.45) is 0 Å². The summed E-state index contributed by atoms with van der Waals surface area (Å²) in [6.07, 6.45) is 0. The lowest BCUT2D eigenvalue weighted by Crippen LogP contribution is -2.15. The van der Waals surface area contributed by atoms with Crippen LogP contribution >= 0.6 is 0 Å². The number of nitrogens with zero attached hydrogens (tertiary/aromatic N) is 2. The average Bonchev–Trinajstić information content (AvgIpc) is 3.67. The second-order valence-electron chi connectivity index (χ2n) is 14.6.